The summed E-state index contributed by atoms with van der Waals surface area (Å²) in [5, 5.41) is 7.80. The summed E-state index contributed by atoms with van der Waals surface area (Å²) in [6.07, 6.45) is 3.90. The van der Waals surface area contributed by atoms with Crippen LogP contribution >= 0.6 is 0 Å². The number of halogens is 1. The van der Waals surface area contributed by atoms with Gasteiger partial charge in [-0.1, -0.05) is 6.07 Å². The number of aromatic nitrogens is 2. The first-order valence-electron chi connectivity index (χ1n) is 6.64. The van der Waals surface area contributed by atoms with Crippen molar-refractivity contribution in [3.8, 4) is 0 Å². The van der Waals surface area contributed by atoms with Gasteiger partial charge in [0, 0.05) is 30.9 Å². The van der Waals surface area contributed by atoms with Crippen molar-refractivity contribution < 1.29 is 4.39 Å². The minimum absolute atomic E-state index is 0.137. The van der Waals surface area contributed by atoms with Gasteiger partial charge in [0.15, 0.2) is 0 Å². The molecule has 1 aromatic heterocycles. The highest BCUT2D eigenvalue weighted by Gasteiger charge is 2.22. The van der Waals surface area contributed by atoms with Crippen LogP contribution in [0.15, 0.2) is 24.4 Å². The van der Waals surface area contributed by atoms with E-state index in [-0.39, 0.29) is 5.82 Å². The second-order valence-corrected chi connectivity index (χ2v) is 5.19. The summed E-state index contributed by atoms with van der Waals surface area (Å²) in [6.45, 7) is 2.88. The Kier molecular flexibility index (Phi) is 3.11. The average molecular weight is 259 g/mol. The number of fused-ring (bicyclic) bond motifs is 1. The summed E-state index contributed by atoms with van der Waals surface area (Å²) in [4.78, 5) is 0. The average Bonchev–Trinajstić information content (AvgIpc) is 2.93. The van der Waals surface area contributed by atoms with E-state index in [2.05, 4.69) is 17.3 Å². The monoisotopic (exact) mass is 259 g/mol. The van der Waals surface area contributed by atoms with Crippen LogP contribution in [0, 0.1) is 12.7 Å². The van der Waals surface area contributed by atoms with Gasteiger partial charge in [0.1, 0.15) is 5.82 Å². The summed E-state index contributed by atoms with van der Waals surface area (Å²) in [7, 11) is 1.95. The SMILES string of the molecule is Cc1c(CNC2CCc3cc(F)ccc32)cnn1C. The Bertz CT molecular complexity index is 603. The molecule has 0 fully saturated rings. The fraction of sp³-hybridized carbons (Fsp3) is 0.400. The van der Waals surface area contributed by atoms with Crippen LogP contribution in [-0.4, -0.2) is 9.78 Å². The summed E-state index contributed by atoms with van der Waals surface area (Å²) in [5.41, 5.74) is 4.78. The van der Waals surface area contributed by atoms with E-state index in [0.29, 0.717) is 6.04 Å². The van der Waals surface area contributed by atoms with Crippen LogP contribution in [0.25, 0.3) is 0 Å². The molecule has 19 heavy (non-hydrogen) atoms. The van der Waals surface area contributed by atoms with Gasteiger partial charge in [-0.15, -0.1) is 0 Å². The fourth-order valence-electron chi connectivity index (χ4n) is 2.75. The largest absolute Gasteiger partial charge is 0.306 e. The third-order valence-corrected chi connectivity index (χ3v) is 4.06. The van der Waals surface area contributed by atoms with Crippen LogP contribution in [0.3, 0.4) is 0 Å². The summed E-state index contributed by atoms with van der Waals surface area (Å²) in [5.74, 6) is -0.137. The van der Waals surface area contributed by atoms with E-state index in [0.717, 1.165) is 24.9 Å². The van der Waals surface area contributed by atoms with Crippen LogP contribution in [0.4, 0.5) is 4.39 Å². The molecule has 1 N–H and O–H groups in total. The minimum atomic E-state index is -0.137. The van der Waals surface area contributed by atoms with Gasteiger partial charge in [-0.25, -0.2) is 4.39 Å². The number of nitrogens with zero attached hydrogens (tertiary/aromatic N) is 2. The molecule has 3 rings (SSSR count). The molecule has 1 aromatic carbocycles. The molecule has 0 saturated carbocycles. The van der Waals surface area contributed by atoms with Gasteiger partial charge in [-0.2, -0.15) is 5.10 Å². The second-order valence-electron chi connectivity index (χ2n) is 5.19. The van der Waals surface area contributed by atoms with E-state index < -0.39 is 0 Å². The number of rotatable bonds is 3. The first kappa shape index (κ1) is 12.4. The van der Waals surface area contributed by atoms with E-state index in [9.17, 15) is 4.39 Å². The maximum absolute atomic E-state index is 13.2. The standard InChI is InChI=1S/C15H18FN3/c1-10-12(9-18-19(10)2)8-17-15-6-3-11-7-13(16)4-5-14(11)15/h4-5,7,9,15,17H,3,6,8H2,1-2H3. The topological polar surface area (TPSA) is 29.9 Å². The molecule has 0 radical (unpaired) electrons. The molecule has 1 atom stereocenters. The zero-order valence-electron chi connectivity index (χ0n) is 11.3. The summed E-state index contributed by atoms with van der Waals surface area (Å²) >= 11 is 0. The molecule has 0 spiro atoms. The molecule has 4 heteroatoms. The lowest BCUT2D eigenvalue weighted by molar-refractivity contribution is 0.528. The molecule has 0 aliphatic heterocycles. The third kappa shape index (κ3) is 2.28. The van der Waals surface area contributed by atoms with Gasteiger partial charge in [-0.05, 0) is 43.0 Å². The molecule has 0 bridgehead atoms. The molecule has 2 aromatic rings. The molecule has 1 unspecified atom stereocenters. The lowest BCUT2D eigenvalue weighted by Crippen LogP contribution is -2.19. The van der Waals surface area contributed by atoms with E-state index in [1.807, 2.05) is 24.0 Å². The molecule has 1 heterocycles. The van der Waals surface area contributed by atoms with Crippen LogP contribution in [0.5, 0.6) is 0 Å². The number of hydrogen-bond acceptors (Lipinski definition) is 2. The molecule has 0 saturated heterocycles. The van der Waals surface area contributed by atoms with Crippen molar-refractivity contribution in [1.29, 1.82) is 0 Å². The molecule has 1 aliphatic carbocycles. The molecular weight excluding hydrogens is 241 g/mol. The fourth-order valence-corrected chi connectivity index (χ4v) is 2.75. The van der Waals surface area contributed by atoms with Crippen molar-refractivity contribution in [3.63, 3.8) is 0 Å². The van der Waals surface area contributed by atoms with Crippen LogP contribution in [0.2, 0.25) is 0 Å². The first-order chi connectivity index (χ1) is 9.15. The zero-order valence-corrected chi connectivity index (χ0v) is 11.3. The highest BCUT2D eigenvalue weighted by Crippen LogP contribution is 2.31. The van der Waals surface area contributed by atoms with Crippen molar-refractivity contribution in [2.24, 2.45) is 7.05 Å². The Morgan fingerprint density at radius 3 is 3.05 bits per heavy atom. The predicted molar refractivity (Wildman–Crippen MR) is 72.2 cm³/mol. The third-order valence-electron chi connectivity index (χ3n) is 4.06. The normalized spacial score (nSPS) is 17.7. The van der Waals surface area contributed by atoms with Gasteiger partial charge in [-0.3, -0.25) is 4.68 Å². The zero-order chi connectivity index (χ0) is 13.4. The summed E-state index contributed by atoms with van der Waals surface area (Å²) < 4.78 is 15.0. The summed E-state index contributed by atoms with van der Waals surface area (Å²) in [6, 6.07) is 5.45. The van der Waals surface area contributed by atoms with Crippen molar-refractivity contribution in [1.82, 2.24) is 15.1 Å². The lowest BCUT2D eigenvalue weighted by atomic mass is 10.1. The molecular formula is C15H18FN3. The van der Waals surface area contributed by atoms with Gasteiger partial charge in [0.2, 0.25) is 0 Å². The van der Waals surface area contributed by atoms with E-state index >= 15 is 0 Å². The smallest absolute Gasteiger partial charge is 0.123 e. The van der Waals surface area contributed by atoms with E-state index in [1.165, 1.54) is 16.8 Å². The molecule has 3 nitrogen and oxygen atoms in total. The number of nitrogens with one attached hydrogen (secondary N) is 1. The highest BCUT2D eigenvalue weighted by molar-refractivity contribution is 5.35. The Morgan fingerprint density at radius 1 is 1.47 bits per heavy atom. The lowest BCUT2D eigenvalue weighted by Gasteiger charge is -2.13. The van der Waals surface area contributed by atoms with Crippen molar-refractivity contribution in [2.45, 2.75) is 32.4 Å². The number of benzene rings is 1. The molecule has 0 amide bonds. The Morgan fingerprint density at radius 2 is 2.32 bits per heavy atom. The maximum atomic E-state index is 13.2. The highest BCUT2D eigenvalue weighted by atomic mass is 19.1. The number of hydrogen-bond donors (Lipinski definition) is 1. The minimum Gasteiger partial charge on any atom is -0.306 e. The Balaban J connectivity index is 1.72. The Labute approximate surface area is 112 Å². The van der Waals surface area contributed by atoms with Crippen LogP contribution in [-0.2, 0) is 20.0 Å². The van der Waals surface area contributed by atoms with Crippen LogP contribution < -0.4 is 5.32 Å². The second kappa shape index (κ2) is 4.78. The van der Waals surface area contributed by atoms with Gasteiger partial charge < -0.3 is 5.32 Å². The van der Waals surface area contributed by atoms with Crippen molar-refractivity contribution in [3.05, 3.63) is 52.6 Å². The van der Waals surface area contributed by atoms with Gasteiger partial charge in [0.05, 0.1) is 6.20 Å². The van der Waals surface area contributed by atoms with Crippen molar-refractivity contribution >= 4 is 0 Å². The maximum Gasteiger partial charge on any atom is 0.123 e. The van der Waals surface area contributed by atoms with Gasteiger partial charge >= 0.3 is 0 Å². The Hall–Kier alpha value is -1.68. The predicted octanol–water partition coefficient (Wildman–Crippen LogP) is 2.64. The molecule has 100 valence electrons. The van der Waals surface area contributed by atoms with Crippen molar-refractivity contribution in [2.75, 3.05) is 0 Å². The van der Waals surface area contributed by atoms with Crippen LogP contribution in [0.1, 0.15) is 34.8 Å². The first-order valence-corrected chi connectivity index (χ1v) is 6.64. The number of aryl methyl sites for hydroxylation is 2. The van der Waals surface area contributed by atoms with E-state index in [1.54, 1.807) is 12.1 Å². The quantitative estimate of drug-likeness (QED) is 0.918. The molecule has 1 aliphatic rings. The van der Waals surface area contributed by atoms with Gasteiger partial charge in [0.25, 0.3) is 0 Å². The van der Waals surface area contributed by atoms with E-state index in [4.69, 9.17) is 0 Å².